The minimum atomic E-state index is -0.652. The lowest BCUT2D eigenvalue weighted by Gasteiger charge is -2.13. The summed E-state index contributed by atoms with van der Waals surface area (Å²) < 4.78 is 19.2. The maximum absolute atomic E-state index is 13.3. The fraction of sp³-hybridized carbons (Fsp3) is 0.250. The number of benzene rings is 2. The molecule has 21 heavy (non-hydrogen) atoms. The quantitative estimate of drug-likeness (QED) is 0.799. The van der Waals surface area contributed by atoms with Crippen molar-refractivity contribution in [2.24, 2.45) is 0 Å². The van der Waals surface area contributed by atoms with Crippen molar-refractivity contribution in [1.82, 2.24) is 0 Å². The number of hydrogen-bond donors (Lipinski definition) is 2. The molecule has 0 spiro atoms. The summed E-state index contributed by atoms with van der Waals surface area (Å²) >= 11 is 3.09. The molecule has 0 bridgehead atoms. The minimum Gasteiger partial charge on any atom is -0.389 e. The molecule has 0 fully saturated rings. The first-order chi connectivity index (χ1) is 10.1. The Kier molecular flexibility index (Phi) is 6.17. The lowest BCUT2D eigenvalue weighted by molar-refractivity contribution is 0.0348. The highest BCUT2D eigenvalue weighted by Crippen LogP contribution is 2.19. The standard InChI is InChI=1S/C16H17BrFNO2/c17-15-7-6-13(8-16(15)18)19-9-14(20)11-21-10-12-4-2-1-3-5-12/h1-8,14,19-20H,9-11H2. The van der Waals surface area contributed by atoms with Gasteiger partial charge in [-0.15, -0.1) is 0 Å². The molecule has 1 unspecified atom stereocenters. The Morgan fingerprint density at radius 1 is 1.19 bits per heavy atom. The molecule has 0 saturated heterocycles. The van der Waals surface area contributed by atoms with Gasteiger partial charge >= 0.3 is 0 Å². The van der Waals surface area contributed by atoms with E-state index < -0.39 is 6.10 Å². The van der Waals surface area contributed by atoms with Crippen LogP contribution in [0.1, 0.15) is 5.56 Å². The van der Waals surface area contributed by atoms with Gasteiger partial charge in [-0.3, -0.25) is 0 Å². The van der Waals surface area contributed by atoms with Gasteiger partial charge in [0.1, 0.15) is 5.82 Å². The summed E-state index contributed by atoms with van der Waals surface area (Å²) in [4.78, 5) is 0. The van der Waals surface area contributed by atoms with Gasteiger partial charge in [-0.25, -0.2) is 4.39 Å². The second kappa shape index (κ2) is 8.12. The Bertz CT molecular complexity index is 565. The van der Waals surface area contributed by atoms with Crippen LogP contribution in [0.5, 0.6) is 0 Å². The van der Waals surface area contributed by atoms with Gasteiger partial charge in [0.2, 0.25) is 0 Å². The van der Waals surface area contributed by atoms with Crippen molar-refractivity contribution < 1.29 is 14.2 Å². The fourth-order valence-corrected chi connectivity index (χ4v) is 2.03. The van der Waals surface area contributed by atoms with E-state index in [-0.39, 0.29) is 12.4 Å². The van der Waals surface area contributed by atoms with Gasteiger partial charge < -0.3 is 15.2 Å². The average Bonchev–Trinajstić information content (AvgIpc) is 2.49. The van der Waals surface area contributed by atoms with Gasteiger partial charge in [0.15, 0.2) is 0 Å². The molecule has 0 aromatic heterocycles. The Hall–Kier alpha value is -1.43. The maximum atomic E-state index is 13.3. The Morgan fingerprint density at radius 3 is 2.67 bits per heavy atom. The van der Waals surface area contributed by atoms with Crippen molar-refractivity contribution in [3.05, 3.63) is 64.4 Å². The van der Waals surface area contributed by atoms with Crippen LogP contribution in [0, 0.1) is 5.82 Å². The minimum absolute atomic E-state index is 0.223. The van der Waals surface area contributed by atoms with Crippen molar-refractivity contribution in [3.8, 4) is 0 Å². The van der Waals surface area contributed by atoms with Crippen molar-refractivity contribution in [2.45, 2.75) is 12.7 Å². The van der Waals surface area contributed by atoms with E-state index in [2.05, 4.69) is 21.2 Å². The number of ether oxygens (including phenoxy) is 1. The normalized spacial score (nSPS) is 12.1. The highest BCUT2D eigenvalue weighted by atomic mass is 79.9. The Labute approximate surface area is 131 Å². The lowest BCUT2D eigenvalue weighted by Crippen LogP contribution is -2.24. The van der Waals surface area contributed by atoms with Crippen molar-refractivity contribution in [2.75, 3.05) is 18.5 Å². The molecule has 0 aliphatic carbocycles. The van der Waals surface area contributed by atoms with Gasteiger partial charge in [0.05, 0.1) is 23.8 Å². The molecule has 1 atom stereocenters. The van der Waals surface area contributed by atoms with E-state index in [9.17, 15) is 9.50 Å². The molecule has 0 amide bonds. The molecule has 2 aromatic carbocycles. The number of anilines is 1. The number of rotatable bonds is 7. The second-order valence-electron chi connectivity index (χ2n) is 4.66. The van der Waals surface area contributed by atoms with Crippen LogP contribution in [0.2, 0.25) is 0 Å². The first-order valence-electron chi connectivity index (χ1n) is 6.64. The molecule has 112 valence electrons. The highest BCUT2D eigenvalue weighted by Gasteiger charge is 2.06. The van der Waals surface area contributed by atoms with Gasteiger partial charge in [-0.1, -0.05) is 30.3 Å². The molecule has 0 radical (unpaired) electrons. The summed E-state index contributed by atoms with van der Waals surface area (Å²) in [5.41, 5.74) is 1.69. The van der Waals surface area contributed by atoms with Gasteiger partial charge in [0, 0.05) is 12.2 Å². The summed E-state index contributed by atoms with van der Waals surface area (Å²) in [7, 11) is 0. The highest BCUT2D eigenvalue weighted by molar-refractivity contribution is 9.10. The van der Waals surface area contributed by atoms with Crippen LogP contribution in [0.4, 0.5) is 10.1 Å². The van der Waals surface area contributed by atoms with Crippen LogP contribution in [-0.4, -0.2) is 24.4 Å². The number of nitrogens with one attached hydrogen (secondary N) is 1. The van der Waals surface area contributed by atoms with E-state index >= 15 is 0 Å². The molecule has 0 aliphatic heterocycles. The Balaban J connectivity index is 1.69. The van der Waals surface area contributed by atoms with Crippen LogP contribution in [-0.2, 0) is 11.3 Å². The number of aliphatic hydroxyl groups is 1. The molecule has 3 nitrogen and oxygen atoms in total. The molecule has 2 N–H and O–H groups in total. The van der Waals surface area contributed by atoms with E-state index in [1.807, 2.05) is 30.3 Å². The fourth-order valence-electron chi connectivity index (χ4n) is 1.79. The average molecular weight is 354 g/mol. The van der Waals surface area contributed by atoms with E-state index in [1.54, 1.807) is 12.1 Å². The zero-order chi connectivity index (χ0) is 15.1. The molecule has 2 aromatic rings. The molecule has 2 rings (SSSR count). The molecule has 0 aliphatic rings. The number of halogens is 2. The zero-order valence-corrected chi connectivity index (χ0v) is 13.0. The summed E-state index contributed by atoms with van der Waals surface area (Å²) in [6.07, 6.45) is -0.652. The van der Waals surface area contributed by atoms with Gasteiger partial charge in [-0.2, -0.15) is 0 Å². The van der Waals surface area contributed by atoms with Crippen LogP contribution in [0.25, 0.3) is 0 Å². The number of aliphatic hydroxyl groups excluding tert-OH is 1. The molecular weight excluding hydrogens is 337 g/mol. The van der Waals surface area contributed by atoms with Gasteiger partial charge in [0.25, 0.3) is 0 Å². The predicted molar refractivity (Wildman–Crippen MR) is 84.7 cm³/mol. The van der Waals surface area contributed by atoms with Crippen molar-refractivity contribution in [1.29, 1.82) is 0 Å². The third-order valence-electron chi connectivity index (χ3n) is 2.88. The lowest BCUT2D eigenvalue weighted by atomic mass is 10.2. The molecule has 0 saturated carbocycles. The van der Waals surface area contributed by atoms with E-state index in [0.717, 1.165) is 5.56 Å². The monoisotopic (exact) mass is 353 g/mol. The zero-order valence-electron chi connectivity index (χ0n) is 11.4. The van der Waals surface area contributed by atoms with Crippen molar-refractivity contribution >= 4 is 21.6 Å². The summed E-state index contributed by atoms with van der Waals surface area (Å²) in [6.45, 7) is 0.988. The third kappa shape index (κ3) is 5.46. The third-order valence-corrected chi connectivity index (χ3v) is 3.53. The summed E-state index contributed by atoms with van der Waals surface area (Å²) in [5.74, 6) is -0.338. The van der Waals surface area contributed by atoms with Crippen LogP contribution in [0.3, 0.4) is 0 Å². The molecule has 0 heterocycles. The van der Waals surface area contributed by atoms with Crippen LogP contribution < -0.4 is 5.32 Å². The van der Waals surface area contributed by atoms with Crippen LogP contribution in [0.15, 0.2) is 53.0 Å². The first-order valence-corrected chi connectivity index (χ1v) is 7.43. The number of hydrogen-bond acceptors (Lipinski definition) is 3. The van der Waals surface area contributed by atoms with E-state index in [0.29, 0.717) is 23.3 Å². The maximum Gasteiger partial charge on any atom is 0.139 e. The predicted octanol–water partition coefficient (Wildman–Crippen LogP) is 3.58. The van der Waals surface area contributed by atoms with E-state index in [1.165, 1.54) is 6.07 Å². The topological polar surface area (TPSA) is 41.5 Å². The second-order valence-corrected chi connectivity index (χ2v) is 5.52. The summed E-state index contributed by atoms with van der Waals surface area (Å²) in [5, 5.41) is 12.8. The van der Waals surface area contributed by atoms with Gasteiger partial charge in [-0.05, 0) is 39.7 Å². The van der Waals surface area contributed by atoms with Crippen LogP contribution >= 0.6 is 15.9 Å². The smallest absolute Gasteiger partial charge is 0.139 e. The largest absolute Gasteiger partial charge is 0.389 e. The summed E-state index contributed by atoms with van der Waals surface area (Å²) in [6, 6.07) is 14.5. The first kappa shape index (κ1) is 15.9. The van der Waals surface area contributed by atoms with Crippen molar-refractivity contribution in [3.63, 3.8) is 0 Å². The van der Waals surface area contributed by atoms with E-state index in [4.69, 9.17) is 4.74 Å². The SMILES string of the molecule is OC(CNc1ccc(Br)c(F)c1)COCc1ccccc1. The molecular formula is C16H17BrFNO2. The Morgan fingerprint density at radius 2 is 1.95 bits per heavy atom. The molecule has 5 heteroatoms.